The molecule has 1 unspecified atom stereocenters. The van der Waals surface area contributed by atoms with Crippen molar-refractivity contribution in [3.8, 4) is 5.75 Å². The highest BCUT2D eigenvalue weighted by Gasteiger charge is 2.21. The Bertz CT molecular complexity index is 511. The summed E-state index contributed by atoms with van der Waals surface area (Å²) in [6, 6.07) is 5.51. The molecule has 0 fully saturated rings. The van der Waals surface area contributed by atoms with Gasteiger partial charge >= 0.3 is 0 Å². The normalized spacial score (nSPS) is 18.8. The van der Waals surface area contributed by atoms with Gasteiger partial charge in [-0.05, 0) is 49.1 Å². The Hall–Kier alpha value is -1.84. The minimum absolute atomic E-state index is 0.0433. The molecule has 1 aliphatic heterocycles. The van der Waals surface area contributed by atoms with Crippen LogP contribution in [-0.4, -0.2) is 18.6 Å². The first kappa shape index (κ1) is 13.6. The van der Waals surface area contributed by atoms with E-state index in [0.717, 1.165) is 12.0 Å². The SMILES string of the molecule is CCC(=CF)COc1ccc2c(c1)CC(C)NC2=O. The van der Waals surface area contributed by atoms with E-state index in [9.17, 15) is 9.18 Å². The van der Waals surface area contributed by atoms with Crippen LogP contribution in [0.25, 0.3) is 0 Å². The summed E-state index contributed by atoms with van der Waals surface area (Å²) in [5.74, 6) is 0.631. The van der Waals surface area contributed by atoms with Gasteiger partial charge in [-0.15, -0.1) is 0 Å². The second-order valence-electron chi connectivity index (χ2n) is 4.81. The lowest BCUT2D eigenvalue weighted by molar-refractivity contribution is 0.0929. The first-order valence-electron chi connectivity index (χ1n) is 6.48. The van der Waals surface area contributed by atoms with E-state index in [0.29, 0.717) is 29.6 Å². The number of nitrogens with one attached hydrogen (secondary N) is 1. The van der Waals surface area contributed by atoms with Crippen LogP contribution in [0.15, 0.2) is 30.1 Å². The molecule has 102 valence electrons. The van der Waals surface area contributed by atoms with Crippen molar-refractivity contribution in [3.05, 3.63) is 41.2 Å². The van der Waals surface area contributed by atoms with Crippen LogP contribution < -0.4 is 10.1 Å². The van der Waals surface area contributed by atoms with Gasteiger partial charge < -0.3 is 10.1 Å². The molecule has 1 N–H and O–H groups in total. The molecule has 0 radical (unpaired) electrons. The lowest BCUT2D eigenvalue weighted by Gasteiger charge is -2.23. The largest absolute Gasteiger partial charge is 0.489 e. The molecule has 0 aromatic heterocycles. The number of amides is 1. The van der Waals surface area contributed by atoms with Crippen molar-refractivity contribution < 1.29 is 13.9 Å². The topological polar surface area (TPSA) is 38.3 Å². The first-order valence-corrected chi connectivity index (χ1v) is 6.48. The molecule has 0 saturated heterocycles. The quantitative estimate of drug-likeness (QED) is 0.906. The third-order valence-corrected chi connectivity index (χ3v) is 3.26. The molecule has 0 aliphatic carbocycles. The molecule has 2 rings (SSSR count). The zero-order valence-electron chi connectivity index (χ0n) is 11.2. The zero-order valence-corrected chi connectivity index (χ0v) is 11.2. The van der Waals surface area contributed by atoms with Crippen LogP contribution in [0.3, 0.4) is 0 Å². The molecule has 1 aromatic rings. The fraction of sp³-hybridized carbons (Fsp3) is 0.400. The maximum atomic E-state index is 12.4. The van der Waals surface area contributed by atoms with Crippen LogP contribution in [0.1, 0.15) is 36.2 Å². The monoisotopic (exact) mass is 263 g/mol. The predicted octanol–water partition coefficient (Wildman–Crippen LogP) is 3.00. The van der Waals surface area contributed by atoms with Crippen molar-refractivity contribution >= 4 is 5.91 Å². The number of carbonyl (C=O) groups excluding carboxylic acids is 1. The number of ether oxygens (including phenoxy) is 1. The highest BCUT2D eigenvalue weighted by Crippen LogP contribution is 2.23. The Morgan fingerprint density at radius 3 is 3.05 bits per heavy atom. The number of carbonyl (C=O) groups is 1. The maximum Gasteiger partial charge on any atom is 0.251 e. The van der Waals surface area contributed by atoms with Gasteiger partial charge in [0.05, 0.1) is 6.33 Å². The lowest BCUT2D eigenvalue weighted by atomic mass is 9.96. The predicted molar refractivity (Wildman–Crippen MR) is 72.1 cm³/mol. The number of hydrogen-bond acceptors (Lipinski definition) is 2. The van der Waals surface area contributed by atoms with E-state index >= 15 is 0 Å². The van der Waals surface area contributed by atoms with Gasteiger partial charge in [-0.3, -0.25) is 4.79 Å². The Morgan fingerprint density at radius 1 is 1.58 bits per heavy atom. The van der Waals surface area contributed by atoms with Crippen molar-refractivity contribution in [2.75, 3.05) is 6.61 Å². The van der Waals surface area contributed by atoms with Gasteiger partial charge in [0, 0.05) is 11.6 Å². The highest BCUT2D eigenvalue weighted by atomic mass is 19.1. The standard InChI is InChI=1S/C15H18FNO2/c1-3-11(8-16)9-19-13-4-5-14-12(7-13)6-10(2)17-15(14)18/h4-5,7-8,10H,3,6,9H2,1-2H3,(H,17,18). The summed E-state index contributed by atoms with van der Waals surface area (Å²) in [5, 5.41) is 2.88. The highest BCUT2D eigenvalue weighted by molar-refractivity contribution is 5.97. The number of rotatable bonds is 4. The number of hydrogen-bond donors (Lipinski definition) is 1. The number of benzene rings is 1. The van der Waals surface area contributed by atoms with E-state index in [1.54, 1.807) is 12.1 Å². The molecule has 3 nitrogen and oxygen atoms in total. The van der Waals surface area contributed by atoms with E-state index in [-0.39, 0.29) is 18.6 Å². The average Bonchev–Trinajstić information content (AvgIpc) is 2.39. The van der Waals surface area contributed by atoms with Crippen LogP contribution in [0.4, 0.5) is 4.39 Å². The zero-order chi connectivity index (χ0) is 13.8. The van der Waals surface area contributed by atoms with Gasteiger partial charge in [-0.25, -0.2) is 4.39 Å². The van der Waals surface area contributed by atoms with Crippen LogP contribution >= 0.6 is 0 Å². The minimum Gasteiger partial charge on any atom is -0.489 e. The van der Waals surface area contributed by atoms with Gasteiger partial charge in [0.15, 0.2) is 0 Å². The van der Waals surface area contributed by atoms with Crippen molar-refractivity contribution in [1.29, 1.82) is 0 Å². The van der Waals surface area contributed by atoms with E-state index < -0.39 is 0 Å². The molecule has 1 aliphatic rings. The van der Waals surface area contributed by atoms with Crippen LogP contribution in [0, 0.1) is 0 Å². The Morgan fingerprint density at radius 2 is 2.37 bits per heavy atom. The van der Waals surface area contributed by atoms with Crippen molar-refractivity contribution in [1.82, 2.24) is 5.32 Å². The lowest BCUT2D eigenvalue weighted by Crippen LogP contribution is -2.39. The second kappa shape index (κ2) is 5.87. The number of halogens is 1. The minimum atomic E-state index is -0.0433. The maximum absolute atomic E-state index is 12.4. The van der Waals surface area contributed by atoms with Crippen LogP contribution in [0.5, 0.6) is 5.75 Å². The van der Waals surface area contributed by atoms with Crippen molar-refractivity contribution in [3.63, 3.8) is 0 Å². The van der Waals surface area contributed by atoms with Gasteiger partial charge in [0.25, 0.3) is 5.91 Å². The summed E-state index contributed by atoms with van der Waals surface area (Å²) in [6.45, 7) is 4.09. The van der Waals surface area contributed by atoms with Gasteiger partial charge in [-0.1, -0.05) is 6.92 Å². The third-order valence-electron chi connectivity index (χ3n) is 3.26. The van der Waals surface area contributed by atoms with Gasteiger partial charge in [0.1, 0.15) is 12.4 Å². The molecule has 0 bridgehead atoms. The van der Waals surface area contributed by atoms with E-state index in [4.69, 9.17) is 4.74 Å². The van der Waals surface area contributed by atoms with Gasteiger partial charge in [0.2, 0.25) is 0 Å². The summed E-state index contributed by atoms with van der Waals surface area (Å²) in [5.41, 5.74) is 2.29. The summed E-state index contributed by atoms with van der Waals surface area (Å²) < 4.78 is 18.0. The van der Waals surface area contributed by atoms with E-state index in [2.05, 4.69) is 5.32 Å². The Balaban J connectivity index is 2.13. The molecule has 0 saturated carbocycles. The molecular formula is C15H18FNO2. The van der Waals surface area contributed by atoms with Crippen LogP contribution in [0.2, 0.25) is 0 Å². The molecular weight excluding hydrogens is 245 g/mol. The van der Waals surface area contributed by atoms with Crippen LogP contribution in [-0.2, 0) is 6.42 Å². The van der Waals surface area contributed by atoms with Gasteiger partial charge in [-0.2, -0.15) is 0 Å². The molecule has 1 amide bonds. The van der Waals surface area contributed by atoms with Crippen molar-refractivity contribution in [2.45, 2.75) is 32.7 Å². The summed E-state index contributed by atoms with van der Waals surface area (Å²) in [4.78, 5) is 11.8. The summed E-state index contributed by atoms with van der Waals surface area (Å²) in [7, 11) is 0. The van der Waals surface area contributed by atoms with E-state index in [1.807, 2.05) is 19.9 Å². The van der Waals surface area contributed by atoms with E-state index in [1.165, 1.54) is 0 Å². The average molecular weight is 263 g/mol. The van der Waals surface area contributed by atoms with Crippen molar-refractivity contribution in [2.24, 2.45) is 0 Å². The smallest absolute Gasteiger partial charge is 0.251 e. The fourth-order valence-electron chi connectivity index (χ4n) is 2.12. The second-order valence-corrected chi connectivity index (χ2v) is 4.81. The number of fused-ring (bicyclic) bond motifs is 1. The Kier molecular flexibility index (Phi) is 4.20. The first-order chi connectivity index (χ1) is 9.13. The molecule has 1 heterocycles. The Labute approximate surface area is 112 Å². The third kappa shape index (κ3) is 3.13. The fourth-order valence-corrected chi connectivity index (χ4v) is 2.12. The summed E-state index contributed by atoms with van der Waals surface area (Å²) >= 11 is 0. The molecule has 1 atom stereocenters. The summed E-state index contributed by atoms with van der Waals surface area (Å²) in [6.07, 6.45) is 2.01. The molecule has 4 heteroatoms. The molecule has 1 aromatic carbocycles. The molecule has 0 spiro atoms. The molecule has 19 heavy (non-hydrogen) atoms.